The Hall–Kier alpha value is -2.85. The van der Waals surface area contributed by atoms with Gasteiger partial charge in [-0.3, -0.25) is 0 Å². The summed E-state index contributed by atoms with van der Waals surface area (Å²) in [6.45, 7) is 11.1. The van der Waals surface area contributed by atoms with Gasteiger partial charge in [-0.25, -0.2) is 9.59 Å². The van der Waals surface area contributed by atoms with Gasteiger partial charge in [-0.15, -0.1) is 0 Å². The predicted octanol–water partition coefficient (Wildman–Crippen LogP) is 7.40. The van der Waals surface area contributed by atoms with E-state index in [1.54, 1.807) is 13.8 Å². The first-order chi connectivity index (χ1) is 16.8. The summed E-state index contributed by atoms with van der Waals surface area (Å²) in [5.41, 5.74) is 4.53. The number of esters is 2. The van der Waals surface area contributed by atoms with Crippen molar-refractivity contribution < 1.29 is 19.1 Å². The lowest BCUT2D eigenvalue weighted by molar-refractivity contribution is -0.139. The number of halogens is 1. The number of hydrogen-bond donors (Lipinski definition) is 0. The highest BCUT2D eigenvalue weighted by Crippen LogP contribution is 2.32. The molecule has 0 amide bonds. The Bertz CT molecular complexity index is 988. The monoisotopic (exact) mass is 496 g/mol. The molecule has 2 aromatic rings. The van der Waals surface area contributed by atoms with Crippen molar-refractivity contribution in [3.63, 3.8) is 0 Å². The van der Waals surface area contributed by atoms with Gasteiger partial charge in [0.2, 0.25) is 0 Å². The third kappa shape index (κ3) is 10.5. The number of benzene rings is 2. The van der Waals surface area contributed by atoms with Crippen LogP contribution in [0.3, 0.4) is 0 Å². The van der Waals surface area contributed by atoms with Crippen molar-refractivity contribution in [2.75, 3.05) is 13.2 Å². The zero-order chi connectivity index (χ0) is 25.6. The van der Waals surface area contributed by atoms with Gasteiger partial charge in [-0.1, -0.05) is 86.5 Å². The average molecular weight is 497 g/mol. The molecular weight excluding hydrogens is 460 g/mol. The Kier molecular flexibility index (Phi) is 12.3. The third-order valence-corrected chi connectivity index (χ3v) is 6.31. The molecule has 0 saturated heterocycles. The van der Waals surface area contributed by atoms with E-state index in [1.807, 2.05) is 24.3 Å². The highest BCUT2D eigenvalue weighted by atomic mass is 35.5. The standard InChI is InChI=1S/C18H24O2.C12H13ClO2/c1-14(2)18(19)20-13-12-15-8-10-17(11-9-15)16-6-4-3-5-7-16;1-9(2)12(14)15-8-7-10-5-3-4-6-11(10)13/h8-11,16H,1,3-7,12-13H2,2H3;3-6H,1,7-8H2,2H3. The topological polar surface area (TPSA) is 52.6 Å². The van der Waals surface area contributed by atoms with Crippen LogP contribution >= 0.6 is 11.6 Å². The molecule has 3 rings (SSSR count). The zero-order valence-electron chi connectivity index (χ0n) is 21.0. The zero-order valence-corrected chi connectivity index (χ0v) is 21.7. The molecule has 2 aromatic carbocycles. The molecule has 1 saturated carbocycles. The summed E-state index contributed by atoms with van der Waals surface area (Å²) in [5.74, 6) is 0.0879. The number of hydrogen-bond acceptors (Lipinski definition) is 4. The Morgan fingerprint density at radius 3 is 1.91 bits per heavy atom. The minimum Gasteiger partial charge on any atom is -0.462 e. The van der Waals surface area contributed by atoms with Crippen molar-refractivity contribution in [1.29, 1.82) is 0 Å². The van der Waals surface area contributed by atoms with E-state index in [2.05, 4.69) is 37.4 Å². The summed E-state index contributed by atoms with van der Waals surface area (Å²) >= 11 is 5.94. The van der Waals surface area contributed by atoms with E-state index < -0.39 is 0 Å². The van der Waals surface area contributed by atoms with Gasteiger partial charge in [0, 0.05) is 29.0 Å². The second kappa shape index (κ2) is 15.2. The second-order valence-corrected chi connectivity index (χ2v) is 9.41. The van der Waals surface area contributed by atoms with Crippen LogP contribution in [0.15, 0.2) is 72.8 Å². The Morgan fingerprint density at radius 1 is 0.829 bits per heavy atom. The fourth-order valence-corrected chi connectivity index (χ4v) is 4.09. The molecule has 0 aliphatic heterocycles. The maximum atomic E-state index is 11.3. The Balaban J connectivity index is 0.000000258. The number of ether oxygens (including phenoxy) is 2. The van der Waals surface area contributed by atoms with Gasteiger partial charge in [0.25, 0.3) is 0 Å². The molecular formula is C30H37ClO4. The van der Waals surface area contributed by atoms with Gasteiger partial charge in [-0.05, 0) is 55.4 Å². The van der Waals surface area contributed by atoms with Crippen LogP contribution in [-0.2, 0) is 31.9 Å². The van der Waals surface area contributed by atoms with Gasteiger partial charge in [0.05, 0.1) is 13.2 Å². The summed E-state index contributed by atoms with van der Waals surface area (Å²) < 4.78 is 10.1. The fraction of sp³-hybridized carbons (Fsp3) is 0.400. The van der Waals surface area contributed by atoms with Gasteiger partial charge < -0.3 is 9.47 Å². The predicted molar refractivity (Wildman–Crippen MR) is 143 cm³/mol. The second-order valence-electron chi connectivity index (χ2n) is 9.00. The maximum Gasteiger partial charge on any atom is 0.333 e. The minimum absolute atomic E-state index is 0.302. The van der Waals surface area contributed by atoms with Crippen LogP contribution in [0, 0.1) is 0 Å². The smallest absolute Gasteiger partial charge is 0.333 e. The molecule has 188 valence electrons. The minimum atomic E-state index is -0.359. The molecule has 4 nitrogen and oxygen atoms in total. The molecule has 0 radical (unpaired) electrons. The van der Waals surface area contributed by atoms with Gasteiger partial charge in [-0.2, -0.15) is 0 Å². The van der Waals surface area contributed by atoms with E-state index in [-0.39, 0.29) is 11.9 Å². The van der Waals surface area contributed by atoms with Crippen LogP contribution in [-0.4, -0.2) is 25.2 Å². The molecule has 35 heavy (non-hydrogen) atoms. The summed E-state index contributed by atoms with van der Waals surface area (Å²) in [6.07, 6.45) is 8.17. The maximum absolute atomic E-state index is 11.3. The molecule has 1 aliphatic rings. The lowest BCUT2D eigenvalue weighted by Gasteiger charge is -2.22. The van der Waals surface area contributed by atoms with E-state index in [9.17, 15) is 9.59 Å². The van der Waals surface area contributed by atoms with Crippen LogP contribution in [0.4, 0.5) is 0 Å². The van der Waals surface area contributed by atoms with E-state index in [0.29, 0.717) is 35.8 Å². The van der Waals surface area contributed by atoms with Crippen LogP contribution < -0.4 is 0 Å². The molecule has 0 spiro atoms. The first-order valence-corrected chi connectivity index (χ1v) is 12.6. The molecule has 1 fully saturated rings. The number of carbonyl (C=O) groups is 2. The summed E-state index contributed by atoms with van der Waals surface area (Å²) in [4.78, 5) is 22.3. The molecule has 0 bridgehead atoms. The van der Waals surface area contributed by atoms with Gasteiger partial charge >= 0.3 is 11.9 Å². The molecule has 1 aliphatic carbocycles. The first-order valence-electron chi connectivity index (χ1n) is 12.3. The third-order valence-electron chi connectivity index (χ3n) is 5.94. The van der Waals surface area contributed by atoms with Gasteiger partial charge in [0.1, 0.15) is 0 Å². The van der Waals surface area contributed by atoms with Crippen LogP contribution in [0.2, 0.25) is 5.02 Å². The van der Waals surface area contributed by atoms with Crippen LogP contribution in [0.1, 0.15) is 68.6 Å². The van der Waals surface area contributed by atoms with Crippen molar-refractivity contribution >= 4 is 23.5 Å². The largest absolute Gasteiger partial charge is 0.462 e. The molecule has 0 heterocycles. The lowest BCUT2D eigenvalue weighted by atomic mass is 9.84. The van der Waals surface area contributed by atoms with Crippen molar-refractivity contribution in [3.05, 3.63) is 94.5 Å². The van der Waals surface area contributed by atoms with Gasteiger partial charge in [0.15, 0.2) is 0 Å². The summed E-state index contributed by atoms with van der Waals surface area (Å²) in [6, 6.07) is 16.3. The highest BCUT2D eigenvalue weighted by molar-refractivity contribution is 6.31. The van der Waals surface area contributed by atoms with E-state index in [1.165, 1.54) is 43.2 Å². The highest BCUT2D eigenvalue weighted by Gasteiger charge is 2.15. The number of carbonyl (C=O) groups excluding carboxylic acids is 2. The molecule has 0 aromatic heterocycles. The molecule has 0 unspecified atom stereocenters. The average Bonchev–Trinajstić information content (AvgIpc) is 2.86. The molecule has 5 heteroatoms. The Morgan fingerprint density at radius 2 is 1.37 bits per heavy atom. The summed E-state index contributed by atoms with van der Waals surface area (Å²) in [5, 5.41) is 0.698. The van der Waals surface area contributed by atoms with Crippen molar-refractivity contribution in [2.45, 2.75) is 64.7 Å². The molecule has 0 atom stereocenters. The van der Waals surface area contributed by atoms with E-state index in [4.69, 9.17) is 21.1 Å². The van der Waals surface area contributed by atoms with Crippen molar-refractivity contribution in [2.24, 2.45) is 0 Å². The van der Waals surface area contributed by atoms with Crippen molar-refractivity contribution in [3.8, 4) is 0 Å². The normalized spacial score (nSPS) is 13.2. The Labute approximate surface area is 215 Å². The fourth-order valence-electron chi connectivity index (χ4n) is 3.86. The number of rotatable bonds is 9. The summed E-state index contributed by atoms with van der Waals surface area (Å²) in [7, 11) is 0. The quantitative estimate of drug-likeness (QED) is 0.268. The van der Waals surface area contributed by atoms with E-state index >= 15 is 0 Å². The van der Waals surface area contributed by atoms with Crippen LogP contribution in [0.25, 0.3) is 0 Å². The van der Waals surface area contributed by atoms with E-state index in [0.717, 1.165) is 17.9 Å². The lowest BCUT2D eigenvalue weighted by Crippen LogP contribution is -2.08. The van der Waals surface area contributed by atoms with Crippen LogP contribution in [0.5, 0.6) is 0 Å². The SMILES string of the molecule is C=C(C)C(=O)OCCc1ccc(C2CCCCC2)cc1.C=C(C)C(=O)OCCc1ccccc1Cl. The molecule has 0 N–H and O–H groups in total. The van der Waals surface area contributed by atoms with Crippen molar-refractivity contribution in [1.82, 2.24) is 0 Å². The first kappa shape index (κ1) is 28.4.